The number of hydrogen-bond acceptors (Lipinski definition) is 7. The number of furan rings is 1. The van der Waals surface area contributed by atoms with E-state index in [-0.39, 0.29) is 17.8 Å². The molecule has 4 aromatic rings. The van der Waals surface area contributed by atoms with Gasteiger partial charge < -0.3 is 13.6 Å². The minimum absolute atomic E-state index is 0.00341. The number of ether oxygens (including phenoxy) is 1. The number of carbonyl (C=O) groups is 1. The minimum Gasteiger partial charge on any atom is -0.490 e. The molecule has 0 fully saturated rings. The van der Waals surface area contributed by atoms with Crippen molar-refractivity contribution in [3.63, 3.8) is 0 Å². The molecule has 0 unspecified atom stereocenters. The number of anilines is 1. The van der Waals surface area contributed by atoms with Gasteiger partial charge in [0.1, 0.15) is 0 Å². The van der Waals surface area contributed by atoms with E-state index in [0.29, 0.717) is 23.7 Å². The first kappa shape index (κ1) is 17.0. The number of nitrogens with zero attached hydrogens (tertiary/aromatic N) is 2. The predicted octanol–water partition coefficient (Wildman–Crippen LogP) is 4.59. The Hall–Kier alpha value is -3.39. The van der Waals surface area contributed by atoms with E-state index in [0.717, 1.165) is 10.3 Å². The lowest BCUT2D eigenvalue weighted by molar-refractivity contribution is -0.112. The van der Waals surface area contributed by atoms with Gasteiger partial charge in [-0.05, 0) is 36.6 Å². The number of benzene rings is 1. The molecule has 0 aliphatic carbocycles. The van der Waals surface area contributed by atoms with Crippen LogP contribution in [0.25, 0.3) is 28.7 Å². The van der Waals surface area contributed by atoms with Crippen molar-refractivity contribution in [2.24, 2.45) is 0 Å². The van der Waals surface area contributed by atoms with Crippen LogP contribution in [0.2, 0.25) is 0 Å². The monoisotopic (exact) mass is 381 g/mol. The first-order chi connectivity index (χ1) is 13.2. The highest BCUT2D eigenvalue weighted by Crippen LogP contribution is 2.33. The average molecular weight is 381 g/mol. The van der Waals surface area contributed by atoms with Gasteiger partial charge in [0.05, 0.1) is 6.61 Å². The van der Waals surface area contributed by atoms with Gasteiger partial charge in [-0.2, -0.15) is 0 Å². The third-order valence-electron chi connectivity index (χ3n) is 3.62. The van der Waals surface area contributed by atoms with Crippen molar-refractivity contribution in [1.82, 2.24) is 10.2 Å². The van der Waals surface area contributed by atoms with Crippen LogP contribution in [0, 0.1) is 0 Å². The Morgan fingerprint density at radius 1 is 1.26 bits per heavy atom. The molecule has 136 valence electrons. The molecular formula is C19H15N3O4S. The third-order valence-corrected chi connectivity index (χ3v) is 4.45. The van der Waals surface area contributed by atoms with Gasteiger partial charge in [0.15, 0.2) is 17.1 Å². The molecule has 0 bridgehead atoms. The standard InChI is InChI=1S/C19H15N3O4S/c1-2-24-14-7-3-5-12-11-15(25-17(12)14)18-21-22-19(26-18)20-16(23)9-8-13-6-4-10-27-13/h3-11H,2H2,1H3,(H,20,22,23)/b9-8+. The molecule has 0 atom stereocenters. The van der Waals surface area contributed by atoms with Gasteiger partial charge in [-0.1, -0.05) is 23.3 Å². The molecule has 4 rings (SSSR count). The molecule has 0 radical (unpaired) electrons. The summed E-state index contributed by atoms with van der Waals surface area (Å²) in [6.07, 6.45) is 3.12. The number of rotatable bonds is 6. The zero-order chi connectivity index (χ0) is 18.6. The molecule has 1 amide bonds. The van der Waals surface area contributed by atoms with Crippen LogP contribution in [0.3, 0.4) is 0 Å². The third kappa shape index (κ3) is 3.75. The van der Waals surface area contributed by atoms with Gasteiger partial charge in [-0.25, -0.2) is 0 Å². The van der Waals surface area contributed by atoms with Crippen molar-refractivity contribution < 1.29 is 18.4 Å². The molecule has 0 aliphatic heterocycles. The molecule has 0 aliphatic rings. The minimum atomic E-state index is -0.359. The van der Waals surface area contributed by atoms with Gasteiger partial charge in [0, 0.05) is 16.3 Å². The van der Waals surface area contributed by atoms with E-state index in [9.17, 15) is 4.79 Å². The molecule has 8 heteroatoms. The van der Waals surface area contributed by atoms with Crippen LogP contribution in [-0.2, 0) is 4.79 Å². The fraction of sp³-hybridized carbons (Fsp3) is 0.105. The SMILES string of the molecule is CCOc1cccc2cc(-c3nnc(NC(=O)/C=C/c4cccs4)o3)oc12. The Morgan fingerprint density at radius 2 is 2.19 bits per heavy atom. The van der Waals surface area contributed by atoms with Gasteiger partial charge in [0.2, 0.25) is 0 Å². The summed E-state index contributed by atoms with van der Waals surface area (Å²) in [6.45, 7) is 2.44. The topological polar surface area (TPSA) is 90.4 Å². The van der Waals surface area contributed by atoms with Crippen LogP contribution in [0.15, 0.2) is 56.7 Å². The van der Waals surface area contributed by atoms with Crippen molar-refractivity contribution >= 4 is 40.3 Å². The first-order valence-electron chi connectivity index (χ1n) is 8.24. The van der Waals surface area contributed by atoms with E-state index in [1.807, 2.05) is 42.6 Å². The molecule has 1 aromatic carbocycles. The lowest BCUT2D eigenvalue weighted by atomic mass is 10.2. The van der Waals surface area contributed by atoms with E-state index in [4.69, 9.17) is 13.6 Å². The van der Waals surface area contributed by atoms with Crippen molar-refractivity contribution in [3.8, 4) is 17.4 Å². The normalized spacial score (nSPS) is 11.3. The second-order valence-electron chi connectivity index (χ2n) is 5.47. The average Bonchev–Trinajstić information content (AvgIpc) is 3.40. The maximum absolute atomic E-state index is 11.9. The van der Waals surface area contributed by atoms with Gasteiger partial charge in [-0.15, -0.1) is 16.4 Å². The summed E-state index contributed by atoms with van der Waals surface area (Å²) in [4.78, 5) is 12.9. The zero-order valence-electron chi connectivity index (χ0n) is 14.3. The second-order valence-corrected chi connectivity index (χ2v) is 6.45. The summed E-state index contributed by atoms with van der Waals surface area (Å²) in [7, 11) is 0. The van der Waals surface area contributed by atoms with Crippen LogP contribution in [0.4, 0.5) is 6.01 Å². The highest BCUT2D eigenvalue weighted by molar-refractivity contribution is 7.10. The summed E-state index contributed by atoms with van der Waals surface area (Å²) in [5.41, 5.74) is 0.608. The first-order valence-corrected chi connectivity index (χ1v) is 9.12. The van der Waals surface area contributed by atoms with Gasteiger partial charge in [-0.3, -0.25) is 10.1 Å². The number of thiophene rings is 1. The Kier molecular flexibility index (Phi) is 4.71. The Labute approximate surface area is 158 Å². The molecular weight excluding hydrogens is 366 g/mol. The van der Waals surface area contributed by atoms with Gasteiger partial charge >= 0.3 is 6.01 Å². The van der Waals surface area contributed by atoms with Crippen molar-refractivity contribution in [1.29, 1.82) is 0 Å². The summed E-state index contributed by atoms with van der Waals surface area (Å²) in [5.74, 6) is 0.861. The van der Waals surface area contributed by atoms with Crippen molar-refractivity contribution in [2.75, 3.05) is 11.9 Å². The number of fused-ring (bicyclic) bond motifs is 1. The lowest BCUT2D eigenvalue weighted by Crippen LogP contribution is -2.07. The van der Waals surface area contributed by atoms with Crippen molar-refractivity contribution in [2.45, 2.75) is 6.92 Å². The highest BCUT2D eigenvalue weighted by Gasteiger charge is 2.16. The number of amides is 1. The second kappa shape index (κ2) is 7.46. The zero-order valence-corrected chi connectivity index (χ0v) is 15.2. The number of carbonyl (C=O) groups excluding carboxylic acids is 1. The molecule has 7 nitrogen and oxygen atoms in total. The predicted molar refractivity (Wildman–Crippen MR) is 103 cm³/mol. The van der Waals surface area contributed by atoms with E-state index in [1.165, 1.54) is 17.4 Å². The molecule has 0 saturated heterocycles. The molecule has 27 heavy (non-hydrogen) atoms. The quantitative estimate of drug-likeness (QED) is 0.491. The number of para-hydroxylation sites is 1. The fourth-order valence-electron chi connectivity index (χ4n) is 2.48. The number of nitrogens with one attached hydrogen (secondary N) is 1. The van der Waals surface area contributed by atoms with Crippen molar-refractivity contribution in [3.05, 3.63) is 52.7 Å². The Morgan fingerprint density at radius 3 is 3.00 bits per heavy atom. The molecule has 0 spiro atoms. The van der Waals surface area contributed by atoms with Crippen LogP contribution in [0.5, 0.6) is 5.75 Å². The Bertz CT molecular complexity index is 1100. The van der Waals surface area contributed by atoms with E-state index >= 15 is 0 Å². The summed E-state index contributed by atoms with van der Waals surface area (Å²) >= 11 is 1.54. The van der Waals surface area contributed by atoms with Crippen LogP contribution in [0.1, 0.15) is 11.8 Å². The van der Waals surface area contributed by atoms with E-state index in [1.54, 1.807) is 12.1 Å². The lowest BCUT2D eigenvalue weighted by Gasteiger charge is -2.01. The highest BCUT2D eigenvalue weighted by atomic mass is 32.1. The smallest absolute Gasteiger partial charge is 0.322 e. The Balaban J connectivity index is 1.51. The largest absolute Gasteiger partial charge is 0.490 e. The molecule has 3 heterocycles. The van der Waals surface area contributed by atoms with Crippen LogP contribution < -0.4 is 10.1 Å². The van der Waals surface area contributed by atoms with Crippen LogP contribution in [-0.4, -0.2) is 22.7 Å². The number of aromatic nitrogens is 2. The van der Waals surface area contributed by atoms with Crippen LogP contribution >= 0.6 is 11.3 Å². The fourth-order valence-corrected chi connectivity index (χ4v) is 3.09. The summed E-state index contributed by atoms with van der Waals surface area (Å²) in [5, 5.41) is 13.1. The van der Waals surface area contributed by atoms with Gasteiger partial charge in [0.25, 0.3) is 11.8 Å². The summed E-state index contributed by atoms with van der Waals surface area (Å²) in [6, 6.07) is 11.2. The number of hydrogen-bond donors (Lipinski definition) is 1. The maximum Gasteiger partial charge on any atom is 0.322 e. The molecule has 1 N–H and O–H groups in total. The van der Waals surface area contributed by atoms with E-state index in [2.05, 4.69) is 15.5 Å². The summed E-state index contributed by atoms with van der Waals surface area (Å²) < 4.78 is 16.9. The maximum atomic E-state index is 11.9. The molecule has 3 aromatic heterocycles. The molecule has 0 saturated carbocycles. The van der Waals surface area contributed by atoms with E-state index < -0.39 is 0 Å².